The van der Waals surface area contributed by atoms with Gasteiger partial charge < -0.3 is 5.73 Å². The first kappa shape index (κ1) is 12.4. The van der Waals surface area contributed by atoms with Crippen LogP contribution in [0.2, 0.25) is 0 Å². The van der Waals surface area contributed by atoms with E-state index in [0.717, 1.165) is 10.0 Å². The quantitative estimate of drug-likeness (QED) is 0.795. The molecule has 0 unspecified atom stereocenters. The molecule has 0 bridgehead atoms. The van der Waals surface area contributed by atoms with Crippen molar-refractivity contribution in [2.24, 2.45) is 0 Å². The normalized spacial score (nSPS) is 11.7. The Morgan fingerprint density at radius 3 is 2.28 bits per heavy atom. The van der Waals surface area contributed by atoms with E-state index in [2.05, 4.69) is 38.4 Å². The van der Waals surface area contributed by atoms with Gasteiger partial charge in [0.1, 0.15) is 11.5 Å². The van der Waals surface area contributed by atoms with Crippen LogP contribution < -0.4 is 15.8 Å². The Labute approximate surface area is 106 Å². The van der Waals surface area contributed by atoms with Gasteiger partial charge >= 0.3 is 0 Å². The fourth-order valence-electron chi connectivity index (χ4n) is 1.80. The molecule has 1 aromatic carbocycles. The SMILES string of the molecule is C[N+](C)(C)c1ccc(Cn2[nH]c(N)cc2=O)cc1. The van der Waals surface area contributed by atoms with E-state index in [1.165, 1.54) is 16.4 Å². The predicted molar refractivity (Wildman–Crippen MR) is 74.6 cm³/mol. The number of hydrogen-bond donors (Lipinski definition) is 2. The van der Waals surface area contributed by atoms with Crippen molar-refractivity contribution in [2.45, 2.75) is 6.54 Å². The van der Waals surface area contributed by atoms with E-state index in [9.17, 15) is 4.79 Å². The lowest BCUT2D eigenvalue weighted by molar-refractivity contribution is 0.486. The van der Waals surface area contributed by atoms with Crippen molar-refractivity contribution < 1.29 is 0 Å². The van der Waals surface area contributed by atoms with Crippen molar-refractivity contribution in [3.05, 3.63) is 46.2 Å². The molecule has 0 aliphatic heterocycles. The van der Waals surface area contributed by atoms with E-state index in [1.807, 2.05) is 12.1 Å². The number of anilines is 1. The Bertz CT molecular complexity index is 587. The summed E-state index contributed by atoms with van der Waals surface area (Å²) in [4.78, 5) is 11.5. The van der Waals surface area contributed by atoms with Crippen LogP contribution in [0, 0.1) is 0 Å². The summed E-state index contributed by atoms with van der Waals surface area (Å²) in [7, 11) is 6.35. The van der Waals surface area contributed by atoms with Crippen molar-refractivity contribution in [2.75, 3.05) is 26.9 Å². The van der Waals surface area contributed by atoms with Crippen LogP contribution in [-0.4, -0.2) is 30.9 Å². The molecule has 0 fully saturated rings. The third-order valence-electron chi connectivity index (χ3n) is 2.86. The average molecular weight is 247 g/mol. The zero-order valence-corrected chi connectivity index (χ0v) is 11.0. The molecule has 1 aromatic heterocycles. The van der Waals surface area contributed by atoms with E-state index in [-0.39, 0.29) is 5.56 Å². The molecule has 2 aromatic rings. The molecule has 0 atom stereocenters. The van der Waals surface area contributed by atoms with E-state index >= 15 is 0 Å². The number of nitrogens with zero attached hydrogens (tertiary/aromatic N) is 2. The number of quaternary nitrogens is 1. The highest BCUT2D eigenvalue weighted by atomic mass is 16.1. The second kappa shape index (κ2) is 4.34. The Hall–Kier alpha value is -2.01. The van der Waals surface area contributed by atoms with Crippen LogP contribution in [0.3, 0.4) is 0 Å². The van der Waals surface area contributed by atoms with Crippen LogP contribution in [0.5, 0.6) is 0 Å². The van der Waals surface area contributed by atoms with E-state index < -0.39 is 0 Å². The lowest BCUT2D eigenvalue weighted by Gasteiger charge is -2.23. The summed E-state index contributed by atoms with van der Waals surface area (Å²) in [6, 6.07) is 9.60. The first-order valence-corrected chi connectivity index (χ1v) is 5.82. The molecule has 18 heavy (non-hydrogen) atoms. The Morgan fingerprint density at radius 2 is 1.83 bits per heavy atom. The average Bonchev–Trinajstić information content (AvgIpc) is 2.57. The van der Waals surface area contributed by atoms with Crippen LogP contribution in [0.4, 0.5) is 11.5 Å². The van der Waals surface area contributed by atoms with E-state index in [0.29, 0.717) is 12.4 Å². The molecule has 3 N–H and O–H groups in total. The van der Waals surface area contributed by atoms with Gasteiger partial charge in [-0.3, -0.25) is 14.4 Å². The molecule has 96 valence electrons. The molecule has 0 amide bonds. The van der Waals surface area contributed by atoms with Gasteiger partial charge in [-0.1, -0.05) is 12.1 Å². The van der Waals surface area contributed by atoms with E-state index in [4.69, 9.17) is 5.73 Å². The number of nitrogens with two attached hydrogens (primary N) is 1. The van der Waals surface area contributed by atoms with Gasteiger partial charge in [-0.25, -0.2) is 4.68 Å². The molecule has 2 rings (SSSR count). The lowest BCUT2D eigenvalue weighted by atomic mass is 10.2. The highest BCUT2D eigenvalue weighted by molar-refractivity contribution is 5.42. The van der Waals surface area contributed by atoms with Crippen LogP contribution >= 0.6 is 0 Å². The van der Waals surface area contributed by atoms with Gasteiger partial charge in [0, 0.05) is 6.07 Å². The number of rotatable bonds is 3. The Balaban J connectivity index is 2.21. The van der Waals surface area contributed by atoms with Gasteiger partial charge in [-0.05, 0) is 17.7 Å². The van der Waals surface area contributed by atoms with Crippen LogP contribution in [0.15, 0.2) is 35.1 Å². The smallest absolute Gasteiger partial charge is 0.268 e. The molecule has 0 aliphatic carbocycles. The van der Waals surface area contributed by atoms with E-state index in [1.54, 1.807) is 0 Å². The Morgan fingerprint density at radius 1 is 1.22 bits per heavy atom. The lowest BCUT2D eigenvalue weighted by Crippen LogP contribution is -2.34. The minimum Gasteiger partial charge on any atom is -0.384 e. The number of aromatic nitrogens is 2. The summed E-state index contributed by atoms with van der Waals surface area (Å²) in [5, 5.41) is 2.82. The summed E-state index contributed by atoms with van der Waals surface area (Å²) < 4.78 is 2.27. The second-order valence-corrected chi connectivity index (χ2v) is 5.31. The van der Waals surface area contributed by atoms with Gasteiger partial charge in [0.2, 0.25) is 0 Å². The van der Waals surface area contributed by atoms with Gasteiger partial charge in [0.25, 0.3) is 5.56 Å². The number of nitrogens with one attached hydrogen (secondary N) is 1. The summed E-state index contributed by atoms with van der Waals surface area (Å²) in [5.41, 5.74) is 7.71. The van der Waals surface area contributed by atoms with Crippen LogP contribution in [-0.2, 0) is 6.54 Å². The molecule has 0 aliphatic rings. The maximum absolute atomic E-state index is 11.5. The number of hydrogen-bond acceptors (Lipinski definition) is 2. The minimum absolute atomic E-state index is 0.108. The molecular weight excluding hydrogens is 228 g/mol. The first-order chi connectivity index (χ1) is 8.36. The highest BCUT2D eigenvalue weighted by Crippen LogP contribution is 2.17. The van der Waals surface area contributed by atoms with Crippen molar-refractivity contribution in [1.29, 1.82) is 0 Å². The first-order valence-electron chi connectivity index (χ1n) is 5.82. The zero-order chi connectivity index (χ0) is 13.3. The maximum Gasteiger partial charge on any atom is 0.268 e. The van der Waals surface area contributed by atoms with Gasteiger partial charge in [-0.15, -0.1) is 0 Å². The number of H-pyrrole nitrogens is 1. The largest absolute Gasteiger partial charge is 0.384 e. The molecule has 0 saturated heterocycles. The zero-order valence-electron chi connectivity index (χ0n) is 11.0. The van der Waals surface area contributed by atoms with Gasteiger partial charge in [-0.2, -0.15) is 0 Å². The summed E-state index contributed by atoms with van der Waals surface area (Å²) in [6.07, 6.45) is 0. The third kappa shape index (κ3) is 2.62. The molecule has 0 saturated carbocycles. The van der Waals surface area contributed by atoms with Crippen molar-refractivity contribution in [1.82, 2.24) is 14.3 Å². The molecular formula is C13H19N4O+. The summed E-state index contributed by atoms with van der Waals surface area (Å²) in [5.74, 6) is 0.392. The van der Waals surface area contributed by atoms with Crippen molar-refractivity contribution >= 4 is 11.5 Å². The van der Waals surface area contributed by atoms with Crippen molar-refractivity contribution in [3.8, 4) is 0 Å². The van der Waals surface area contributed by atoms with Gasteiger partial charge in [0.05, 0.1) is 27.7 Å². The summed E-state index contributed by atoms with van der Waals surface area (Å²) in [6.45, 7) is 0.507. The number of nitrogen functional groups attached to an aromatic ring is 1. The maximum atomic E-state index is 11.5. The molecule has 1 heterocycles. The minimum atomic E-state index is -0.108. The molecule has 0 radical (unpaired) electrons. The standard InChI is InChI=1S/C13H18N4O/c1-17(2,3)11-6-4-10(5-7-11)9-16-13(18)8-12(14)15-16/h4-8H,9H2,1-3H3,(H2-,14,15,18)/p+1. The van der Waals surface area contributed by atoms with Crippen LogP contribution in [0.25, 0.3) is 0 Å². The summed E-state index contributed by atoms with van der Waals surface area (Å²) >= 11 is 0. The third-order valence-corrected chi connectivity index (χ3v) is 2.86. The van der Waals surface area contributed by atoms with Crippen molar-refractivity contribution in [3.63, 3.8) is 0 Å². The second-order valence-electron chi connectivity index (χ2n) is 5.31. The number of benzene rings is 1. The fraction of sp³-hybridized carbons (Fsp3) is 0.308. The Kier molecular flexibility index (Phi) is 3.00. The van der Waals surface area contributed by atoms with Crippen LogP contribution in [0.1, 0.15) is 5.56 Å². The monoisotopic (exact) mass is 247 g/mol. The van der Waals surface area contributed by atoms with Gasteiger partial charge in [0.15, 0.2) is 0 Å². The highest BCUT2D eigenvalue weighted by Gasteiger charge is 2.11. The fourth-order valence-corrected chi connectivity index (χ4v) is 1.80. The molecule has 5 heteroatoms. The predicted octanol–water partition coefficient (Wildman–Crippen LogP) is 1.00. The number of aromatic amines is 1. The topological polar surface area (TPSA) is 63.8 Å². The molecule has 5 nitrogen and oxygen atoms in total. The molecule has 0 spiro atoms.